The minimum absolute atomic E-state index is 0.0300. The lowest BCUT2D eigenvalue weighted by molar-refractivity contribution is 0.202. The number of hydrogen-bond donors (Lipinski definition) is 0. The Balaban J connectivity index is 1.90. The van der Waals surface area contributed by atoms with Gasteiger partial charge in [0.05, 0.1) is 12.2 Å². The van der Waals surface area contributed by atoms with Crippen molar-refractivity contribution in [3.63, 3.8) is 0 Å². The summed E-state index contributed by atoms with van der Waals surface area (Å²) in [4.78, 5) is 24.2. The predicted molar refractivity (Wildman–Crippen MR) is 116 cm³/mol. The summed E-state index contributed by atoms with van der Waals surface area (Å²) in [6, 6.07) is 13.8. The fraction of sp³-hybridized carbons (Fsp3) is 0.455. The monoisotopic (exact) mass is 400 g/mol. The van der Waals surface area contributed by atoms with Gasteiger partial charge in [0, 0.05) is 36.4 Å². The summed E-state index contributed by atoms with van der Waals surface area (Å²) in [5.41, 5.74) is 1.71. The molecule has 1 saturated heterocycles. The normalized spacial score (nSPS) is 16.3. The van der Waals surface area contributed by atoms with E-state index in [0.29, 0.717) is 11.6 Å². The molecule has 0 aliphatic carbocycles. The molecule has 6 heteroatoms. The second-order valence-corrected chi connectivity index (χ2v) is 7.63. The van der Waals surface area contributed by atoms with E-state index in [1.54, 1.807) is 0 Å². The molecule has 0 radical (unpaired) electrons. The molecular weight excluding hydrogens is 372 g/mol. The Morgan fingerprint density at radius 3 is 2.50 bits per heavy atom. The van der Waals surface area contributed by atoms with E-state index in [-0.39, 0.29) is 12.1 Å². The molecule has 2 amide bonds. The summed E-state index contributed by atoms with van der Waals surface area (Å²) in [7, 11) is 0. The first-order valence-electron chi connectivity index (χ1n) is 10.1. The van der Waals surface area contributed by atoms with Crippen LogP contribution in [0.15, 0.2) is 42.5 Å². The summed E-state index contributed by atoms with van der Waals surface area (Å²) in [6.07, 6.45) is 2.10. The van der Waals surface area contributed by atoms with E-state index in [2.05, 4.69) is 25.7 Å². The molecule has 5 nitrogen and oxygen atoms in total. The second-order valence-electron chi connectivity index (χ2n) is 7.19. The van der Waals surface area contributed by atoms with Crippen LogP contribution in [0, 0.1) is 0 Å². The van der Waals surface area contributed by atoms with Gasteiger partial charge in [-0.05, 0) is 70.0 Å². The molecule has 1 atom stereocenters. The highest BCUT2D eigenvalue weighted by molar-refractivity contribution is 6.30. The maximum atomic E-state index is 13.4. The lowest BCUT2D eigenvalue weighted by Gasteiger charge is -2.31. The number of urea groups is 1. The van der Waals surface area contributed by atoms with Crippen molar-refractivity contribution < 1.29 is 4.79 Å². The first kappa shape index (κ1) is 20.5. The Morgan fingerprint density at radius 2 is 1.89 bits per heavy atom. The first-order chi connectivity index (χ1) is 13.5. The third-order valence-electron chi connectivity index (χ3n) is 5.37. The van der Waals surface area contributed by atoms with Gasteiger partial charge in [-0.15, -0.1) is 0 Å². The molecule has 0 spiro atoms. The molecule has 0 saturated carbocycles. The zero-order valence-corrected chi connectivity index (χ0v) is 17.7. The van der Waals surface area contributed by atoms with Gasteiger partial charge < -0.3 is 9.80 Å². The van der Waals surface area contributed by atoms with E-state index in [9.17, 15) is 4.79 Å². The molecule has 0 bridgehead atoms. The van der Waals surface area contributed by atoms with Gasteiger partial charge in [0.1, 0.15) is 5.82 Å². The summed E-state index contributed by atoms with van der Waals surface area (Å²) < 4.78 is 0. The highest BCUT2D eigenvalue weighted by Crippen LogP contribution is 2.25. The van der Waals surface area contributed by atoms with Gasteiger partial charge >= 0.3 is 6.03 Å². The number of anilines is 2. The summed E-state index contributed by atoms with van der Waals surface area (Å²) in [6.45, 7) is 9.39. The molecule has 1 fully saturated rings. The van der Waals surface area contributed by atoms with Gasteiger partial charge in [-0.25, -0.2) is 9.78 Å². The number of amides is 2. The number of nitrogens with zero attached hydrogens (tertiary/aromatic N) is 4. The molecule has 2 aromatic rings. The van der Waals surface area contributed by atoms with Crippen molar-refractivity contribution in [3.05, 3.63) is 53.2 Å². The van der Waals surface area contributed by atoms with Gasteiger partial charge in [0.25, 0.3) is 0 Å². The van der Waals surface area contributed by atoms with E-state index in [4.69, 9.17) is 16.6 Å². The topological polar surface area (TPSA) is 39.7 Å². The molecule has 150 valence electrons. The van der Waals surface area contributed by atoms with Crippen molar-refractivity contribution in [1.82, 2.24) is 9.88 Å². The zero-order valence-electron chi connectivity index (χ0n) is 16.9. The predicted octanol–water partition coefficient (Wildman–Crippen LogP) is 5.19. The van der Waals surface area contributed by atoms with Gasteiger partial charge in [-0.1, -0.05) is 17.7 Å². The van der Waals surface area contributed by atoms with Crippen LogP contribution < -0.4 is 9.80 Å². The fourth-order valence-electron chi connectivity index (χ4n) is 3.70. The van der Waals surface area contributed by atoms with Crippen LogP contribution in [0.25, 0.3) is 0 Å². The number of pyridine rings is 1. The van der Waals surface area contributed by atoms with Gasteiger partial charge in [0.15, 0.2) is 0 Å². The smallest absolute Gasteiger partial charge is 0.325 e. The SMILES string of the molecule is CCN(CC)c1cccc(CN(C(=O)N2CCC[C@H]2C)c2ccc(Cl)cc2)n1. The molecule has 28 heavy (non-hydrogen) atoms. The highest BCUT2D eigenvalue weighted by atomic mass is 35.5. The fourth-order valence-corrected chi connectivity index (χ4v) is 3.83. The molecule has 3 rings (SSSR count). The minimum Gasteiger partial charge on any atom is -0.357 e. The Bertz CT molecular complexity index is 791. The number of carbonyl (C=O) groups is 1. The van der Waals surface area contributed by atoms with Gasteiger partial charge in [-0.2, -0.15) is 0 Å². The van der Waals surface area contributed by atoms with Crippen LogP contribution in [0.4, 0.5) is 16.3 Å². The van der Waals surface area contributed by atoms with Crippen LogP contribution in [-0.2, 0) is 6.54 Å². The number of halogens is 1. The van der Waals surface area contributed by atoms with Crippen LogP contribution >= 0.6 is 11.6 Å². The summed E-state index contributed by atoms with van der Waals surface area (Å²) in [5, 5.41) is 0.660. The van der Waals surface area contributed by atoms with E-state index in [1.165, 1.54) is 0 Å². The second kappa shape index (κ2) is 9.28. The van der Waals surface area contributed by atoms with Crippen molar-refractivity contribution in [2.45, 2.75) is 46.2 Å². The first-order valence-corrected chi connectivity index (χ1v) is 10.5. The third-order valence-corrected chi connectivity index (χ3v) is 5.62. The van der Waals surface area contributed by atoms with Crippen molar-refractivity contribution in [2.24, 2.45) is 0 Å². The van der Waals surface area contributed by atoms with Crippen LogP contribution in [0.1, 0.15) is 39.3 Å². The van der Waals surface area contributed by atoms with Gasteiger partial charge in [0.2, 0.25) is 0 Å². The lowest BCUT2D eigenvalue weighted by Crippen LogP contribution is -2.44. The van der Waals surface area contributed by atoms with Gasteiger partial charge in [-0.3, -0.25) is 4.90 Å². The molecule has 1 aliphatic heterocycles. The number of aromatic nitrogens is 1. The van der Waals surface area contributed by atoms with Crippen molar-refractivity contribution in [3.8, 4) is 0 Å². The Kier molecular flexibility index (Phi) is 6.79. The zero-order chi connectivity index (χ0) is 20.1. The number of rotatable bonds is 6. The lowest BCUT2D eigenvalue weighted by atomic mass is 10.2. The molecule has 1 aromatic carbocycles. The average Bonchev–Trinajstić information content (AvgIpc) is 3.14. The maximum Gasteiger partial charge on any atom is 0.325 e. The van der Waals surface area contributed by atoms with E-state index in [0.717, 1.165) is 49.7 Å². The molecule has 1 aromatic heterocycles. The minimum atomic E-state index is 0.0300. The molecule has 2 heterocycles. The standard InChI is InChI=1S/C22H29ClN4O/c1-4-25(5-2)21-10-6-9-19(24-21)16-27(20-13-11-18(23)12-14-20)22(28)26-15-7-8-17(26)3/h6,9-14,17H,4-5,7-8,15-16H2,1-3H3/t17-/m1/s1. The largest absolute Gasteiger partial charge is 0.357 e. The molecule has 0 unspecified atom stereocenters. The van der Waals surface area contributed by atoms with Crippen molar-refractivity contribution in [2.75, 3.05) is 29.4 Å². The molecule has 1 aliphatic rings. The van der Waals surface area contributed by atoms with Crippen LogP contribution in [0.3, 0.4) is 0 Å². The Morgan fingerprint density at radius 1 is 1.18 bits per heavy atom. The average molecular weight is 401 g/mol. The highest BCUT2D eigenvalue weighted by Gasteiger charge is 2.30. The summed E-state index contributed by atoms with van der Waals surface area (Å²) in [5.74, 6) is 0.945. The number of benzene rings is 1. The number of carbonyl (C=O) groups excluding carboxylic acids is 1. The van der Waals surface area contributed by atoms with Crippen LogP contribution in [-0.4, -0.2) is 41.6 Å². The van der Waals surface area contributed by atoms with E-state index < -0.39 is 0 Å². The maximum absolute atomic E-state index is 13.4. The van der Waals surface area contributed by atoms with Crippen molar-refractivity contribution >= 4 is 29.1 Å². The Labute approximate surface area is 172 Å². The summed E-state index contributed by atoms with van der Waals surface area (Å²) >= 11 is 6.06. The van der Waals surface area contributed by atoms with Crippen LogP contribution in [0.2, 0.25) is 5.02 Å². The van der Waals surface area contributed by atoms with Crippen molar-refractivity contribution in [1.29, 1.82) is 0 Å². The van der Waals surface area contributed by atoms with Crippen LogP contribution in [0.5, 0.6) is 0 Å². The third kappa shape index (κ3) is 4.58. The Hall–Kier alpha value is -2.27. The quantitative estimate of drug-likeness (QED) is 0.669. The number of likely N-dealkylation sites (tertiary alicyclic amines) is 1. The molecule has 0 N–H and O–H groups in total. The molecular formula is C22H29ClN4O. The van der Waals surface area contributed by atoms with E-state index >= 15 is 0 Å². The number of hydrogen-bond acceptors (Lipinski definition) is 3. The van der Waals surface area contributed by atoms with E-state index in [1.807, 2.05) is 52.3 Å².